The van der Waals surface area contributed by atoms with Crippen LogP contribution in [0.3, 0.4) is 0 Å². The van der Waals surface area contributed by atoms with Gasteiger partial charge in [-0.15, -0.1) is 0 Å². The van der Waals surface area contributed by atoms with E-state index >= 15 is 0 Å². The van der Waals surface area contributed by atoms with Gasteiger partial charge in [-0.3, -0.25) is 0 Å². The molecule has 0 aromatic heterocycles. The molecule has 3 aromatic carbocycles. The van der Waals surface area contributed by atoms with Gasteiger partial charge in [-0.25, -0.2) is 0 Å². The van der Waals surface area contributed by atoms with Gasteiger partial charge in [-0.2, -0.15) is 0 Å². The van der Waals surface area contributed by atoms with Crippen LogP contribution in [0.1, 0.15) is 143 Å². The molecule has 0 atom stereocenters. The third-order valence-corrected chi connectivity index (χ3v) is 11.6. The van der Waals surface area contributed by atoms with Crippen LogP contribution in [0.25, 0.3) is 0 Å². The molecule has 0 bridgehead atoms. The van der Waals surface area contributed by atoms with E-state index in [1.807, 2.05) is 38.1 Å². The molecule has 0 aliphatic carbocycles. The van der Waals surface area contributed by atoms with Crippen LogP contribution in [0, 0.1) is 13.8 Å². The summed E-state index contributed by atoms with van der Waals surface area (Å²) in [6.07, 6.45) is 0. The molecule has 0 amide bonds. The van der Waals surface area contributed by atoms with Crippen LogP contribution in [-0.2, 0) is 27.1 Å². The standard InChI is InChI=1S/C40H61O3P/c1-26-18-20-29(37(6,7)8)33(22-26)44(41,42,34-23-27(2)19-21-30(34)38(9,10)11)43-35-31(39(12,13)14)24-28(36(3,4)5)25-32(35)40(15,16)17/h18-25,41-42H,1-17H3. The predicted octanol–water partition coefficient (Wildman–Crippen LogP) is 10.1. The molecule has 0 unspecified atom stereocenters. The fraction of sp³-hybridized carbons (Fsp3) is 0.550. The molecule has 0 radical (unpaired) electrons. The molecule has 3 rings (SSSR count). The first-order chi connectivity index (χ1) is 19.5. The molecule has 4 heteroatoms. The Morgan fingerprint density at radius 1 is 0.455 bits per heavy atom. The maximum absolute atomic E-state index is 13.7. The van der Waals surface area contributed by atoms with Crippen molar-refractivity contribution >= 4 is 17.9 Å². The maximum atomic E-state index is 13.7. The summed E-state index contributed by atoms with van der Waals surface area (Å²) in [5.74, 6) is 0.573. The van der Waals surface area contributed by atoms with Crippen molar-refractivity contribution in [2.45, 2.75) is 145 Å². The van der Waals surface area contributed by atoms with E-state index in [0.29, 0.717) is 16.4 Å². The van der Waals surface area contributed by atoms with Crippen molar-refractivity contribution in [3.63, 3.8) is 0 Å². The third kappa shape index (κ3) is 7.11. The minimum atomic E-state index is -5.43. The SMILES string of the molecule is Cc1ccc(C(C)(C)C)c(P(O)(O)(Oc2c(C(C)(C)C)cc(C(C)(C)C)cc2C(C)(C)C)c2cc(C)ccc2C(C)(C)C)c1. The van der Waals surface area contributed by atoms with Crippen molar-refractivity contribution in [2.24, 2.45) is 0 Å². The Labute approximate surface area is 269 Å². The van der Waals surface area contributed by atoms with Crippen molar-refractivity contribution in [2.75, 3.05) is 0 Å². The molecule has 0 aliphatic heterocycles. The molecule has 244 valence electrons. The van der Waals surface area contributed by atoms with Gasteiger partial charge >= 0.3 is 270 Å². The van der Waals surface area contributed by atoms with Gasteiger partial charge in [0.1, 0.15) is 0 Å². The van der Waals surface area contributed by atoms with Crippen LogP contribution in [-0.4, -0.2) is 9.79 Å². The summed E-state index contributed by atoms with van der Waals surface area (Å²) in [5.41, 5.74) is 5.28. The van der Waals surface area contributed by atoms with E-state index in [0.717, 1.165) is 33.4 Å². The fourth-order valence-corrected chi connectivity index (χ4v) is 9.45. The summed E-state index contributed by atoms with van der Waals surface area (Å²) in [5, 5.41) is 0.943. The van der Waals surface area contributed by atoms with Crippen molar-refractivity contribution < 1.29 is 14.3 Å². The molecular formula is C40H61O3P. The Balaban J connectivity index is 2.71. The summed E-state index contributed by atoms with van der Waals surface area (Å²) in [6.45, 7) is 36.5. The van der Waals surface area contributed by atoms with Gasteiger partial charge in [0.2, 0.25) is 0 Å². The number of benzene rings is 3. The van der Waals surface area contributed by atoms with Crippen LogP contribution in [0.5, 0.6) is 5.75 Å². The van der Waals surface area contributed by atoms with Gasteiger partial charge < -0.3 is 0 Å². The number of aryl methyl sites for hydroxylation is 2. The quantitative estimate of drug-likeness (QED) is 0.285. The van der Waals surface area contributed by atoms with Gasteiger partial charge in [0.25, 0.3) is 0 Å². The van der Waals surface area contributed by atoms with Crippen LogP contribution < -0.4 is 15.1 Å². The van der Waals surface area contributed by atoms with E-state index < -0.39 is 7.28 Å². The van der Waals surface area contributed by atoms with Crippen molar-refractivity contribution in [1.29, 1.82) is 0 Å². The second-order valence-electron chi connectivity index (χ2n) is 18.2. The molecule has 44 heavy (non-hydrogen) atoms. The molecule has 0 spiro atoms. The normalized spacial score (nSPS) is 14.8. The van der Waals surface area contributed by atoms with E-state index in [-0.39, 0.29) is 27.1 Å². The minimum absolute atomic E-state index is 0.103. The van der Waals surface area contributed by atoms with Crippen LogP contribution in [0.2, 0.25) is 0 Å². The zero-order valence-corrected chi connectivity index (χ0v) is 31.8. The molecule has 3 aromatic rings. The average Bonchev–Trinajstić information content (AvgIpc) is 2.80. The zero-order valence-electron chi connectivity index (χ0n) is 30.9. The van der Waals surface area contributed by atoms with Gasteiger partial charge in [0.05, 0.1) is 0 Å². The molecule has 3 nitrogen and oxygen atoms in total. The first-order valence-corrected chi connectivity index (χ1v) is 18.2. The molecular weight excluding hydrogens is 559 g/mol. The van der Waals surface area contributed by atoms with Gasteiger partial charge in [0.15, 0.2) is 0 Å². The monoisotopic (exact) mass is 620 g/mol. The van der Waals surface area contributed by atoms with Gasteiger partial charge in [-0.05, 0) is 0 Å². The van der Waals surface area contributed by atoms with E-state index in [2.05, 4.69) is 128 Å². The summed E-state index contributed by atoms with van der Waals surface area (Å²) in [4.78, 5) is 27.4. The van der Waals surface area contributed by atoms with E-state index in [9.17, 15) is 9.79 Å². The van der Waals surface area contributed by atoms with E-state index in [4.69, 9.17) is 4.52 Å². The van der Waals surface area contributed by atoms with Gasteiger partial charge in [0, 0.05) is 0 Å². The first kappa shape index (κ1) is 36.3. The number of hydrogen-bond acceptors (Lipinski definition) is 3. The Kier molecular flexibility index (Phi) is 9.04. The molecule has 0 saturated heterocycles. The van der Waals surface area contributed by atoms with E-state index in [1.54, 1.807) is 0 Å². The summed E-state index contributed by atoms with van der Waals surface area (Å²) in [7, 11) is -5.43. The molecule has 0 saturated carbocycles. The van der Waals surface area contributed by atoms with Crippen LogP contribution >= 0.6 is 7.28 Å². The summed E-state index contributed by atoms with van der Waals surface area (Å²) >= 11 is 0. The molecule has 0 fully saturated rings. The molecule has 0 heterocycles. The number of hydrogen-bond donors (Lipinski definition) is 2. The first-order valence-electron chi connectivity index (χ1n) is 16.1. The Bertz CT molecular complexity index is 1440. The Morgan fingerprint density at radius 2 is 0.773 bits per heavy atom. The summed E-state index contributed by atoms with van der Waals surface area (Å²) in [6, 6.07) is 16.6. The summed E-state index contributed by atoms with van der Waals surface area (Å²) < 4.78 is 7.27. The van der Waals surface area contributed by atoms with Crippen molar-refractivity contribution in [3.8, 4) is 5.75 Å². The zero-order chi connectivity index (χ0) is 34.1. The Hall–Kier alpha value is -2.19. The fourth-order valence-electron chi connectivity index (χ4n) is 5.89. The van der Waals surface area contributed by atoms with E-state index in [1.165, 1.54) is 5.56 Å². The van der Waals surface area contributed by atoms with Gasteiger partial charge in [-0.1, -0.05) is 0 Å². The molecule has 2 N–H and O–H groups in total. The average molecular weight is 621 g/mol. The Morgan fingerprint density at radius 3 is 1.05 bits per heavy atom. The predicted molar refractivity (Wildman–Crippen MR) is 194 cm³/mol. The second-order valence-corrected chi connectivity index (χ2v) is 21.3. The van der Waals surface area contributed by atoms with Crippen molar-refractivity contribution in [1.82, 2.24) is 0 Å². The van der Waals surface area contributed by atoms with Crippen LogP contribution in [0.15, 0.2) is 48.5 Å². The topological polar surface area (TPSA) is 49.7 Å². The van der Waals surface area contributed by atoms with Crippen molar-refractivity contribution in [3.05, 3.63) is 87.5 Å². The number of rotatable bonds is 4. The second kappa shape index (κ2) is 11.0. The molecule has 0 aliphatic rings. The van der Waals surface area contributed by atoms with Crippen LogP contribution in [0.4, 0.5) is 0 Å². The third-order valence-electron chi connectivity index (χ3n) is 8.63.